The molecule has 0 saturated carbocycles. The van der Waals surface area contributed by atoms with Gasteiger partial charge in [0.15, 0.2) is 6.10 Å². The minimum Gasteiger partial charge on any atom is -0.462 e. The average Bonchev–Trinajstić information content (AvgIpc) is 3.23. The highest BCUT2D eigenvalue weighted by atomic mass is 16.6. The number of ether oxygens (including phenoxy) is 3. The molecule has 0 aliphatic rings. The topological polar surface area (TPSA) is 78.9 Å². The Balaban J connectivity index is 4.59. The summed E-state index contributed by atoms with van der Waals surface area (Å²) < 4.78 is 16.6. The Hall–Kier alpha value is -4.19. The Kier molecular flexibility index (Phi) is 43.2. The highest BCUT2D eigenvalue weighted by molar-refractivity contribution is 5.71. The Morgan fingerprint density at radius 1 is 0.356 bits per heavy atom. The largest absolute Gasteiger partial charge is 0.462 e. The summed E-state index contributed by atoms with van der Waals surface area (Å²) in [6, 6.07) is 0. The lowest BCUT2D eigenvalue weighted by Gasteiger charge is -2.18. The second-order valence-electron chi connectivity index (χ2n) is 14.8. The van der Waals surface area contributed by atoms with E-state index in [0.29, 0.717) is 19.3 Å². The molecule has 0 radical (unpaired) electrons. The summed E-state index contributed by atoms with van der Waals surface area (Å²) in [6.07, 6.45) is 63.2. The van der Waals surface area contributed by atoms with Crippen molar-refractivity contribution in [2.75, 3.05) is 13.2 Å². The van der Waals surface area contributed by atoms with Crippen LogP contribution in [0.1, 0.15) is 175 Å². The van der Waals surface area contributed by atoms with Crippen LogP contribution in [0.5, 0.6) is 0 Å². The molecule has 0 rings (SSSR count). The number of hydrogen-bond acceptors (Lipinski definition) is 6. The third-order valence-electron chi connectivity index (χ3n) is 9.15. The van der Waals surface area contributed by atoms with Gasteiger partial charge in [-0.3, -0.25) is 14.4 Å². The van der Waals surface area contributed by atoms with Crippen LogP contribution in [0, 0.1) is 0 Å². The van der Waals surface area contributed by atoms with Gasteiger partial charge in [0.25, 0.3) is 0 Å². The minimum atomic E-state index is -0.824. The van der Waals surface area contributed by atoms with Crippen LogP contribution in [-0.4, -0.2) is 37.2 Å². The molecule has 0 bridgehead atoms. The quantitative estimate of drug-likeness (QED) is 0.0202. The van der Waals surface area contributed by atoms with Crippen molar-refractivity contribution in [1.82, 2.24) is 0 Å². The molecule has 6 nitrogen and oxygen atoms in total. The maximum absolute atomic E-state index is 12.7. The van der Waals surface area contributed by atoms with E-state index in [0.717, 1.165) is 89.9 Å². The van der Waals surface area contributed by atoms with E-state index < -0.39 is 6.10 Å². The third kappa shape index (κ3) is 44.8. The van der Waals surface area contributed by atoms with Crippen LogP contribution in [0.4, 0.5) is 0 Å². The summed E-state index contributed by atoms with van der Waals surface area (Å²) in [6.45, 7) is 6.22. The maximum Gasteiger partial charge on any atom is 0.306 e. The van der Waals surface area contributed by atoms with Crippen molar-refractivity contribution in [3.8, 4) is 0 Å². The van der Waals surface area contributed by atoms with Gasteiger partial charge in [0.05, 0.1) is 0 Å². The fourth-order valence-electron chi connectivity index (χ4n) is 5.70. The summed E-state index contributed by atoms with van der Waals surface area (Å²) in [5, 5.41) is 0. The Labute approximate surface area is 361 Å². The van der Waals surface area contributed by atoms with Gasteiger partial charge in [0.1, 0.15) is 13.2 Å². The monoisotopic (exact) mass is 815 g/mol. The van der Waals surface area contributed by atoms with Crippen LogP contribution >= 0.6 is 0 Å². The number of allylic oxidation sites excluding steroid dienone is 20. The van der Waals surface area contributed by atoms with Gasteiger partial charge in [-0.2, -0.15) is 0 Å². The summed E-state index contributed by atoms with van der Waals surface area (Å²) in [5.74, 6) is -1.03. The number of hydrogen-bond donors (Lipinski definition) is 0. The van der Waals surface area contributed by atoms with Crippen molar-refractivity contribution in [3.05, 3.63) is 122 Å². The second-order valence-corrected chi connectivity index (χ2v) is 14.8. The van der Waals surface area contributed by atoms with Crippen molar-refractivity contribution in [2.24, 2.45) is 0 Å². The predicted molar refractivity (Wildman–Crippen MR) is 251 cm³/mol. The first-order valence-corrected chi connectivity index (χ1v) is 23.2. The predicted octanol–water partition coefficient (Wildman–Crippen LogP) is 15.0. The molecule has 0 aromatic rings. The standard InChI is InChI=1S/C53H82O6/c1-4-7-10-13-16-19-22-25-26-29-31-34-37-40-43-46-52(55)58-49-50(59-53(56)47-44-41-38-35-32-28-24-21-18-15-12-9-6-3)48-57-51(54)45-42-39-36-33-30-27-23-20-17-14-11-8-5-2/h7,9-10,12-13,15-16,18-19,21-22,24-32,50H,4-6,8,11,14,17,20,23,33-49H2,1-3H3/b10-7-,12-9-,16-13-,18-15-,22-19-,24-21-,26-25-,30-27-,31-29-,32-28-. The third-order valence-corrected chi connectivity index (χ3v) is 9.15. The zero-order valence-electron chi connectivity index (χ0n) is 37.5. The fourth-order valence-corrected chi connectivity index (χ4v) is 5.70. The molecule has 0 aromatic carbocycles. The van der Waals surface area contributed by atoms with Gasteiger partial charge in [-0.1, -0.05) is 194 Å². The molecule has 0 fully saturated rings. The summed E-state index contributed by atoms with van der Waals surface area (Å²) in [7, 11) is 0. The molecule has 0 aliphatic carbocycles. The summed E-state index contributed by atoms with van der Waals surface area (Å²) >= 11 is 0. The van der Waals surface area contributed by atoms with Crippen LogP contribution in [0.15, 0.2) is 122 Å². The van der Waals surface area contributed by atoms with E-state index in [-0.39, 0.29) is 37.5 Å². The number of unbranched alkanes of at least 4 members (excludes halogenated alkanes) is 15. The molecular formula is C53H82O6. The lowest BCUT2D eigenvalue weighted by atomic mass is 10.1. The van der Waals surface area contributed by atoms with E-state index >= 15 is 0 Å². The normalized spacial score (nSPS) is 13.2. The lowest BCUT2D eigenvalue weighted by molar-refractivity contribution is -0.167. The van der Waals surface area contributed by atoms with Crippen molar-refractivity contribution in [2.45, 2.75) is 181 Å². The number of carbonyl (C=O) groups is 3. The van der Waals surface area contributed by atoms with Gasteiger partial charge >= 0.3 is 17.9 Å². The molecule has 59 heavy (non-hydrogen) atoms. The minimum absolute atomic E-state index is 0.120. The summed E-state index contributed by atoms with van der Waals surface area (Å²) in [5.41, 5.74) is 0. The zero-order valence-corrected chi connectivity index (χ0v) is 37.5. The smallest absolute Gasteiger partial charge is 0.306 e. The molecule has 1 unspecified atom stereocenters. The second kappa shape index (κ2) is 46.5. The number of esters is 3. The van der Waals surface area contributed by atoms with Gasteiger partial charge < -0.3 is 14.2 Å². The van der Waals surface area contributed by atoms with Crippen molar-refractivity contribution in [3.63, 3.8) is 0 Å². The first kappa shape index (κ1) is 54.8. The Bertz CT molecular complexity index is 1300. The first-order valence-electron chi connectivity index (χ1n) is 23.2. The first-order chi connectivity index (χ1) is 29.0. The Morgan fingerprint density at radius 3 is 1.08 bits per heavy atom. The number of carbonyl (C=O) groups excluding carboxylic acids is 3. The van der Waals surface area contributed by atoms with Crippen LogP contribution in [-0.2, 0) is 28.6 Å². The van der Waals surface area contributed by atoms with Crippen LogP contribution in [0.25, 0.3) is 0 Å². The zero-order chi connectivity index (χ0) is 43.0. The fraction of sp³-hybridized carbons (Fsp3) is 0.566. The maximum atomic E-state index is 12.7. The van der Waals surface area contributed by atoms with Gasteiger partial charge in [-0.25, -0.2) is 0 Å². The van der Waals surface area contributed by atoms with E-state index in [1.165, 1.54) is 38.5 Å². The van der Waals surface area contributed by atoms with E-state index in [1.807, 2.05) is 85.1 Å². The molecule has 6 heteroatoms. The lowest BCUT2D eigenvalue weighted by Crippen LogP contribution is -2.30. The van der Waals surface area contributed by atoms with E-state index in [9.17, 15) is 14.4 Å². The van der Waals surface area contributed by atoms with E-state index in [2.05, 4.69) is 57.2 Å². The Morgan fingerprint density at radius 2 is 0.678 bits per heavy atom. The molecule has 0 saturated heterocycles. The number of rotatable bonds is 39. The van der Waals surface area contributed by atoms with Gasteiger partial charge in [0.2, 0.25) is 0 Å². The molecule has 0 aromatic heterocycles. The molecule has 0 aliphatic heterocycles. The summed E-state index contributed by atoms with van der Waals surface area (Å²) in [4.78, 5) is 37.8. The molecule has 0 amide bonds. The van der Waals surface area contributed by atoms with E-state index in [4.69, 9.17) is 14.2 Å². The van der Waals surface area contributed by atoms with E-state index in [1.54, 1.807) is 0 Å². The van der Waals surface area contributed by atoms with Gasteiger partial charge in [0, 0.05) is 19.3 Å². The van der Waals surface area contributed by atoms with Crippen molar-refractivity contribution >= 4 is 17.9 Å². The van der Waals surface area contributed by atoms with Crippen molar-refractivity contribution < 1.29 is 28.6 Å². The van der Waals surface area contributed by atoms with Crippen LogP contribution in [0.2, 0.25) is 0 Å². The van der Waals surface area contributed by atoms with Crippen molar-refractivity contribution in [1.29, 1.82) is 0 Å². The molecule has 0 spiro atoms. The molecule has 0 N–H and O–H groups in total. The molecule has 0 heterocycles. The highest BCUT2D eigenvalue weighted by Crippen LogP contribution is 2.11. The molecule has 1 atom stereocenters. The highest BCUT2D eigenvalue weighted by Gasteiger charge is 2.19. The van der Waals surface area contributed by atoms with Gasteiger partial charge in [-0.15, -0.1) is 0 Å². The molecular weight excluding hydrogens is 733 g/mol. The average molecular weight is 815 g/mol. The van der Waals surface area contributed by atoms with Crippen LogP contribution in [0.3, 0.4) is 0 Å². The van der Waals surface area contributed by atoms with Gasteiger partial charge in [-0.05, 0) is 83.5 Å². The molecule has 330 valence electrons. The van der Waals surface area contributed by atoms with Crippen LogP contribution < -0.4 is 0 Å². The SMILES string of the molecule is CC\C=C/C=C\C=C/C=C\C=C/CCCCCC(=O)OCC(COC(=O)CCCCC/C=C\CCCCCCCC)OC(=O)CCCCC\C=C/C=C\C=C/C=C\CC.